The highest BCUT2D eigenvalue weighted by atomic mass is 19.2. The maximum atomic E-state index is 14.6. The number of hydrogen-bond donors (Lipinski definition) is 1. The first-order chi connectivity index (χ1) is 13.0. The maximum Gasteiger partial charge on any atom is 0.161 e. The zero-order valence-electron chi connectivity index (χ0n) is 14.6. The third kappa shape index (κ3) is 3.45. The summed E-state index contributed by atoms with van der Waals surface area (Å²) in [5.41, 5.74) is 1.91. The Bertz CT molecular complexity index is 953. The Labute approximate surface area is 155 Å². The Morgan fingerprint density at radius 2 is 1.67 bits per heavy atom. The van der Waals surface area contributed by atoms with Crippen LogP contribution in [0.4, 0.5) is 13.2 Å². The molecule has 0 saturated heterocycles. The Kier molecular flexibility index (Phi) is 4.66. The molecule has 6 heteroatoms. The van der Waals surface area contributed by atoms with E-state index in [4.69, 9.17) is 0 Å². The van der Waals surface area contributed by atoms with Gasteiger partial charge in [0.25, 0.3) is 0 Å². The van der Waals surface area contributed by atoms with Gasteiger partial charge in [-0.2, -0.15) is 0 Å². The van der Waals surface area contributed by atoms with E-state index in [-0.39, 0.29) is 11.3 Å². The minimum absolute atomic E-state index is 0.120. The maximum absolute atomic E-state index is 14.6. The van der Waals surface area contributed by atoms with Crippen LogP contribution in [0.2, 0.25) is 0 Å². The highest BCUT2D eigenvalue weighted by Crippen LogP contribution is 2.35. The Morgan fingerprint density at radius 1 is 0.926 bits per heavy atom. The normalized spacial score (nSPS) is 17.5. The molecule has 0 fully saturated rings. The van der Waals surface area contributed by atoms with Crippen LogP contribution < -0.4 is 0 Å². The number of aromatic hydroxyl groups is 1. The van der Waals surface area contributed by atoms with Crippen molar-refractivity contribution in [3.05, 3.63) is 89.0 Å². The number of nitrogens with zero attached hydrogens (tertiary/aromatic N) is 2. The summed E-state index contributed by atoms with van der Waals surface area (Å²) in [5.74, 6) is -2.83. The fourth-order valence-corrected chi connectivity index (χ4v) is 3.75. The molecular formula is C21H19F3N2O. The van der Waals surface area contributed by atoms with Crippen LogP contribution in [-0.2, 0) is 13.1 Å². The van der Waals surface area contributed by atoms with E-state index in [0.29, 0.717) is 19.2 Å². The van der Waals surface area contributed by atoms with Crippen molar-refractivity contribution < 1.29 is 18.3 Å². The first-order valence-electron chi connectivity index (χ1n) is 8.84. The topological polar surface area (TPSA) is 28.4 Å². The van der Waals surface area contributed by atoms with E-state index in [1.54, 1.807) is 24.3 Å². The fraction of sp³-hybridized carbons (Fsp3) is 0.238. The van der Waals surface area contributed by atoms with Gasteiger partial charge in [0.15, 0.2) is 11.6 Å². The van der Waals surface area contributed by atoms with Crippen molar-refractivity contribution >= 4 is 0 Å². The molecule has 0 aliphatic carbocycles. The van der Waals surface area contributed by atoms with Gasteiger partial charge in [0.1, 0.15) is 11.6 Å². The SMILES string of the molecule is Oc1ccc(CN2CCCn3cccc3C2c2cc(F)c(F)cc2F)cc1. The van der Waals surface area contributed by atoms with Crippen LogP contribution in [0.25, 0.3) is 0 Å². The van der Waals surface area contributed by atoms with E-state index >= 15 is 0 Å². The number of aromatic nitrogens is 1. The second kappa shape index (κ2) is 7.12. The minimum atomic E-state index is -1.19. The Balaban J connectivity index is 1.79. The van der Waals surface area contributed by atoms with Gasteiger partial charge in [0, 0.05) is 43.2 Å². The number of fused-ring (bicyclic) bond motifs is 1. The summed E-state index contributed by atoms with van der Waals surface area (Å²) in [6, 6.07) is 11.6. The lowest BCUT2D eigenvalue weighted by atomic mass is 10.00. The summed E-state index contributed by atoms with van der Waals surface area (Å²) in [4.78, 5) is 2.06. The monoisotopic (exact) mass is 372 g/mol. The van der Waals surface area contributed by atoms with Gasteiger partial charge in [-0.05, 0) is 42.3 Å². The lowest BCUT2D eigenvalue weighted by Crippen LogP contribution is -2.30. The lowest BCUT2D eigenvalue weighted by molar-refractivity contribution is 0.215. The third-order valence-corrected chi connectivity index (χ3v) is 5.01. The number of halogens is 3. The Hall–Kier alpha value is -2.73. The lowest BCUT2D eigenvalue weighted by Gasteiger charge is -2.31. The number of phenolic OH excluding ortho intramolecular Hbond substituents is 1. The van der Waals surface area contributed by atoms with Gasteiger partial charge in [0.2, 0.25) is 0 Å². The highest BCUT2D eigenvalue weighted by molar-refractivity contribution is 5.33. The van der Waals surface area contributed by atoms with Crippen LogP contribution in [0.1, 0.15) is 29.3 Å². The molecule has 0 spiro atoms. The largest absolute Gasteiger partial charge is 0.508 e. The molecule has 0 bridgehead atoms. The fourth-order valence-electron chi connectivity index (χ4n) is 3.75. The van der Waals surface area contributed by atoms with Crippen molar-refractivity contribution in [2.75, 3.05) is 6.54 Å². The molecule has 1 atom stereocenters. The van der Waals surface area contributed by atoms with Gasteiger partial charge >= 0.3 is 0 Å². The van der Waals surface area contributed by atoms with Crippen LogP contribution in [-0.4, -0.2) is 21.1 Å². The molecule has 140 valence electrons. The molecule has 4 rings (SSSR count). The number of hydrogen-bond acceptors (Lipinski definition) is 2. The van der Waals surface area contributed by atoms with Crippen LogP contribution >= 0.6 is 0 Å². The van der Waals surface area contributed by atoms with Gasteiger partial charge in [-0.1, -0.05) is 12.1 Å². The molecular weight excluding hydrogens is 353 g/mol. The van der Waals surface area contributed by atoms with Crippen LogP contribution in [0.15, 0.2) is 54.7 Å². The van der Waals surface area contributed by atoms with Gasteiger partial charge in [-0.25, -0.2) is 13.2 Å². The van der Waals surface area contributed by atoms with Crippen LogP contribution in [0.5, 0.6) is 5.75 Å². The van der Waals surface area contributed by atoms with Gasteiger partial charge < -0.3 is 9.67 Å². The number of aryl methyl sites for hydroxylation is 1. The van der Waals surface area contributed by atoms with Crippen LogP contribution in [0.3, 0.4) is 0 Å². The van der Waals surface area contributed by atoms with Crippen molar-refractivity contribution in [2.24, 2.45) is 0 Å². The molecule has 27 heavy (non-hydrogen) atoms. The molecule has 0 radical (unpaired) electrons. The summed E-state index contributed by atoms with van der Waals surface area (Å²) >= 11 is 0. The predicted molar refractivity (Wildman–Crippen MR) is 95.7 cm³/mol. The third-order valence-electron chi connectivity index (χ3n) is 5.01. The van der Waals surface area contributed by atoms with E-state index in [2.05, 4.69) is 4.90 Å². The molecule has 3 nitrogen and oxygen atoms in total. The summed E-state index contributed by atoms with van der Waals surface area (Å²) < 4.78 is 44.1. The molecule has 1 aliphatic rings. The van der Waals surface area contributed by atoms with Crippen molar-refractivity contribution in [1.29, 1.82) is 0 Å². The zero-order valence-corrected chi connectivity index (χ0v) is 14.6. The molecule has 0 amide bonds. The highest BCUT2D eigenvalue weighted by Gasteiger charge is 2.30. The van der Waals surface area contributed by atoms with Crippen LogP contribution in [0, 0.1) is 17.5 Å². The zero-order chi connectivity index (χ0) is 19.0. The average molecular weight is 372 g/mol. The average Bonchev–Trinajstić information content (AvgIpc) is 3.03. The van der Waals surface area contributed by atoms with E-state index in [0.717, 1.165) is 30.3 Å². The predicted octanol–water partition coefficient (Wildman–Crippen LogP) is 4.61. The molecule has 3 aromatic rings. The number of phenols is 1. The molecule has 2 heterocycles. The summed E-state index contributed by atoms with van der Waals surface area (Å²) in [6.45, 7) is 1.94. The standard InChI is InChI=1S/C21H19F3N2O/c22-17-12-19(24)18(23)11-16(17)21-20-3-1-8-25(20)9-2-10-26(21)13-14-4-6-15(27)7-5-14/h1,3-8,11-12,21,27H,2,9-10,13H2. The first kappa shape index (κ1) is 17.7. The molecule has 1 aromatic heterocycles. The van der Waals surface area contributed by atoms with Crippen molar-refractivity contribution in [1.82, 2.24) is 9.47 Å². The number of rotatable bonds is 3. The van der Waals surface area contributed by atoms with Gasteiger partial charge in [0.05, 0.1) is 6.04 Å². The second-order valence-corrected chi connectivity index (χ2v) is 6.81. The number of benzene rings is 2. The van der Waals surface area contributed by atoms with Gasteiger partial charge in [-0.3, -0.25) is 4.90 Å². The van der Waals surface area contributed by atoms with Gasteiger partial charge in [-0.15, -0.1) is 0 Å². The quantitative estimate of drug-likeness (QED) is 0.681. The summed E-state index contributed by atoms with van der Waals surface area (Å²) in [7, 11) is 0. The van der Waals surface area contributed by atoms with E-state index in [1.807, 2.05) is 22.9 Å². The van der Waals surface area contributed by atoms with Crippen molar-refractivity contribution in [3.63, 3.8) is 0 Å². The van der Waals surface area contributed by atoms with Crippen molar-refractivity contribution in [3.8, 4) is 5.75 Å². The first-order valence-corrected chi connectivity index (χ1v) is 8.84. The molecule has 1 aliphatic heterocycles. The second-order valence-electron chi connectivity index (χ2n) is 6.81. The Morgan fingerprint density at radius 3 is 2.44 bits per heavy atom. The summed E-state index contributed by atoms with van der Waals surface area (Å²) in [5, 5.41) is 9.49. The molecule has 1 unspecified atom stereocenters. The minimum Gasteiger partial charge on any atom is -0.508 e. The van der Waals surface area contributed by atoms with Crippen molar-refractivity contribution in [2.45, 2.75) is 25.6 Å². The van der Waals surface area contributed by atoms with E-state index in [1.165, 1.54) is 0 Å². The summed E-state index contributed by atoms with van der Waals surface area (Å²) in [6.07, 6.45) is 2.77. The van der Waals surface area contributed by atoms with E-state index < -0.39 is 23.5 Å². The molecule has 2 aromatic carbocycles. The smallest absolute Gasteiger partial charge is 0.161 e. The van der Waals surface area contributed by atoms with E-state index in [9.17, 15) is 18.3 Å². The molecule has 0 saturated carbocycles. The molecule has 1 N–H and O–H groups in total.